The van der Waals surface area contributed by atoms with Crippen LogP contribution in [0.4, 0.5) is 0 Å². The average Bonchev–Trinajstić information content (AvgIpc) is 2.15. The highest BCUT2D eigenvalue weighted by atomic mass is 79.9. The number of halogens is 1. The van der Waals surface area contributed by atoms with E-state index in [1.165, 1.54) is 0 Å². The highest BCUT2D eigenvalue weighted by molar-refractivity contribution is 9.10. The fraction of sp³-hybridized carbons (Fsp3) is 0.300. The maximum atomic E-state index is 5.96. The van der Waals surface area contributed by atoms with Crippen molar-refractivity contribution in [2.24, 2.45) is 5.73 Å². The van der Waals surface area contributed by atoms with E-state index in [1.54, 1.807) is 12.4 Å². The maximum Gasteiger partial charge on any atom is 0.0326 e. The number of allylic oxidation sites excluding steroid dienone is 1. The number of hydrogen-bond donors (Lipinski definition) is 1. The first-order valence-corrected chi connectivity index (χ1v) is 5.01. The molecule has 0 bridgehead atoms. The van der Waals surface area contributed by atoms with Crippen molar-refractivity contribution >= 4 is 15.9 Å². The quantitative estimate of drug-likeness (QED) is 0.823. The Kier molecular flexibility index (Phi) is 4.12. The van der Waals surface area contributed by atoms with Crippen LogP contribution in [0.25, 0.3) is 0 Å². The van der Waals surface area contributed by atoms with Crippen LogP contribution in [0.15, 0.2) is 35.6 Å². The Morgan fingerprint density at radius 2 is 2.46 bits per heavy atom. The monoisotopic (exact) mass is 240 g/mol. The zero-order chi connectivity index (χ0) is 9.68. The van der Waals surface area contributed by atoms with Crippen molar-refractivity contribution < 1.29 is 0 Å². The van der Waals surface area contributed by atoms with E-state index in [0.717, 1.165) is 22.9 Å². The molecule has 3 heteroatoms. The van der Waals surface area contributed by atoms with Gasteiger partial charge in [-0.05, 0) is 18.9 Å². The van der Waals surface area contributed by atoms with E-state index in [0.29, 0.717) is 0 Å². The minimum Gasteiger partial charge on any atom is -0.324 e. The van der Waals surface area contributed by atoms with E-state index in [4.69, 9.17) is 5.73 Å². The van der Waals surface area contributed by atoms with E-state index in [2.05, 4.69) is 27.5 Å². The highest BCUT2D eigenvalue weighted by Crippen LogP contribution is 2.23. The summed E-state index contributed by atoms with van der Waals surface area (Å²) in [5.74, 6) is 0. The van der Waals surface area contributed by atoms with Crippen LogP contribution in [0.3, 0.4) is 0 Å². The van der Waals surface area contributed by atoms with Crippen LogP contribution >= 0.6 is 15.9 Å². The third kappa shape index (κ3) is 2.94. The number of pyridine rings is 1. The second-order valence-corrected chi connectivity index (χ2v) is 3.72. The molecule has 1 heterocycles. The van der Waals surface area contributed by atoms with Crippen molar-refractivity contribution in [1.82, 2.24) is 4.98 Å². The Hall–Kier alpha value is -0.670. The molecule has 1 rings (SSSR count). The van der Waals surface area contributed by atoms with E-state index in [1.807, 2.05) is 12.1 Å². The SMILES string of the molecule is C=CCCC(N)c1cnccc1Br. The largest absolute Gasteiger partial charge is 0.324 e. The van der Waals surface area contributed by atoms with Gasteiger partial charge in [-0.15, -0.1) is 6.58 Å². The first kappa shape index (κ1) is 10.4. The molecule has 1 atom stereocenters. The van der Waals surface area contributed by atoms with Gasteiger partial charge < -0.3 is 5.73 Å². The van der Waals surface area contributed by atoms with Crippen molar-refractivity contribution in [3.8, 4) is 0 Å². The third-order valence-corrected chi connectivity index (χ3v) is 2.60. The summed E-state index contributed by atoms with van der Waals surface area (Å²) in [5, 5.41) is 0. The molecule has 0 radical (unpaired) electrons. The Labute approximate surface area is 87.0 Å². The molecular weight excluding hydrogens is 228 g/mol. The summed E-state index contributed by atoms with van der Waals surface area (Å²) in [6.07, 6.45) is 7.27. The van der Waals surface area contributed by atoms with Crippen LogP contribution in [0.1, 0.15) is 24.4 Å². The number of nitrogens with two attached hydrogens (primary N) is 1. The van der Waals surface area contributed by atoms with Crippen LogP contribution in [-0.2, 0) is 0 Å². The van der Waals surface area contributed by atoms with Gasteiger partial charge in [0.2, 0.25) is 0 Å². The first-order chi connectivity index (χ1) is 6.25. The molecular formula is C10H13BrN2. The molecule has 1 unspecified atom stereocenters. The van der Waals surface area contributed by atoms with Gasteiger partial charge in [-0.25, -0.2) is 0 Å². The van der Waals surface area contributed by atoms with Crippen molar-refractivity contribution in [2.45, 2.75) is 18.9 Å². The van der Waals surface area contributed by atoms with Gasteiger partial charge in [0, 0.05) is 28.5 Å². The minimum absolute atomic E-state index is 0.0427. The van der Waals surface area contributed by atoms with Gasteiger partial charge in [-0.1, -0.05) is 22.0 Å². The van der Waals surface area contributed by atoms with Crippen molar-refractivity contribution in [3.63, 3.8) is 0 Å². The molecule has 1 aromatic rings. The van der Waals surface area contributed by atoms with Crippen LogP contribution in [0.5, 0.6) is 0 Å². The van der Waals surface area contributed by atoms with Gasteiger partial charge in [-0.2, -0.15) is 0 Å². The van der Waals surface area contributed by atoms with Crippen molar-refractivity contribution in [3.05, 3.63) is 41.2 Å². The Bertz CT molecular complexity index is 286. The minimum atomic E-state index is 0.0427. The predicted molar refractivity (Wildman–Crippen MR) is 58.3 cm³/mol. The lowest BCUT2D eigenvalue weighted by atomic mass is 10.1. The van der Waals surface area contributed by atoms with Gasteiger partial charge in [-0.3, -0.25) is 4.98 Å². The fourth-order valence-electron chi connectivity index (χ4n) is 1.12. The van der Waals surface area contributed by atoms with Crippen LogP contribution < -0.4 is 5.73 Å². The lowest BCUT2D eigenvalue weighted by molar-refractivity contribution is 0.656. The molecule has 0 saturated heterocycles. The van der Waals surface area contributed by atoms with Crippen molar-refractivity contribution in [2.75, 3.05) is 0 Å². The molecule has 0 saturated carbocycles. The molecule has 2 N–H and O–H groups in total. The third-order valence-electron chi connectivity index (χ3n) is 1.88. The summed E-state index contributed by atoms with van der Waals surface area (Å²) in [7, 11) is 0. The maximum absolute atomic E-state index is 5.96. The number of hydrogen-bond acceptors (Lipinski definition) is 2. The summed E-state index contributed by atoms with van der Waals surface area (Å²) < 4.78 is 1.03. The summed E-state index contributed by atoms with van der Waals surface area (Å²) in [5.41, 5.74) is 7.02. The van der Waals surface area contributed by atoms with Gasteiger partial charge in [0.05, 0.1) is 0 Å². The van der Waals surface area contributed by atoms with E-state index in [9.17, 15) is 0 Å². The molecule has 1 aromatic heterocycles. The topological polar surface area (TPSA) is 38.9 Å². The molecule has 13 heavy (non-hydrogen) atoms. The molecule has 0 amide bonds. The van der Waals surface area contributed by atoms with Crippen molar-refractivity contribution in [1.29, 1.82) is 0 Å². The van der Waals surface area contributed by atoms with Crippen LogP contribution in [0, 0.1) is 0 Å². The van der Waals surface area contributed by atoms with Gasteiger partial charge in [0.15, 0.2) is 0 Å². The molecule has 0 spiro atoms. The lowest BCUT2D eigenvalue weighted by Gasteiger charge is -2.11. The first-order valence-electron chi connectivity index (χ1n) is 4.21. The van der Waals surface area contributed by atoms with E-state index >= 15 is 0 Å². The van der Waals surface area contributed by atoms with Gasteiger partial charge in [0.25, 0.3) is 0 Å². The average molecular weight is 241 g/mol. The van der Waals surface area contributed by atoms with E-state index < -0.39 is 0 Å². The number of rotatable bonds is 4. The number of aromatic nitrogens is 1. The molecule has 2 nitrogen and oxygen atoms in total. The molecule has 0 aliphatic heterocycles. The Balaban J connectivity index is 2.70. The van der Waals surface area contributed by atoms with Crippen LogP contribution in [-0.4, -0.2) is 4.98 Å². The Morgan fingerprint density at radius 1 is 1.69 bits per heavy atom. The fourth-order valence-corrected chi connectivity index (χ4v) is 1.63. The number of nitrogens with zero attached hydrogens (tertiary/aromatic N) is 1. The smallest absolute Gasteiger partial charge is 0.0326 e. The van der Waals surface area contributed by atoms with E-state index in [-0.39, 0.29) is 6.04 Å². The standard InChI is InChI=1S/C10H13BrN2/c1-2-3-4-10(12)8-7-13-6-5-9(8)11/h2,5-7,10H,1,3-4,12H2. The highest BCUT2D eigenvalue weighted by Gasteiger charge is 2.08. The summed E-state index contributed by atoms with van der Waals surface area (Å²) in [6, 6.07) is 1.95. The molecule has 0 aliphatic carbocycles. The molecule has 70 valence electrons. The zero-order valence-corrected chi connectivity index (χ0v) is 9.00. The summed E-state index contributed by atoms with van der Waals surface area (Å²) in [6.45, 7) is 3.67. The lowest BCUT2D eigenvalue weighted by Crippen LogP contribution is -2.10. The summed E-state index contributed by atoms with van der Waals surface area (Å²) >= 11 is 3.44. The van der Waals surface area contributed by atoms with Gasteiger partial charge >= 0.3 is 0 Å². The second-order valence-electron chi connectivity index (χ2n) is 2.87. The molecule has 0 aliphatic rings. The zero-order valence-electron chi connectivity index (χ0n) is 7.41. The molecule has 0 fully saturated rings. The second kappa shape index (κ2) is 5.14. The van der Waals surface area contributed by atoms with Gasteiger partial charge in [0.1, 0.15) is 0 Å². The Morgan fingerprint density at radius 3 is 3.08 bits per heavy atom. The van der Waals surface area contributed by atoms with Crippen LogP contribution in [0.2, 0.25) is 0 Å². The predicted octanol–water partition coefficient (Wildman–Crippen LogP) is 2.81. The summed E-state index contributed by atoms with van der Waals surface area (Å²) in [4.78, 5) is 4.04. The normalized spacial score (nSPS) is 12.5. The molecule has 0 aromatic carbocycles.